The van der Waals surface area contributed by atoms with E-state index in [-0.39, 0.29) is 11.5 Å². The van der Waals surface area contributed by atoms with E-state index in [1.165, 1.54) is 6.08 Å². The predicted octanol–water partition coefficient (Wildman–Crippen LogP) is 3.47. The molecule has 25 heavy (non-hydrogen) atoms. The van der Waals surface area contributed by atoms with E-state index >= 15 is 0 Å². The number of rotatable bonds is 4. The van der Waals surface area contributed by atoms with Crippen LogP contribution in [0.1, 0.15) is 5.56 Å². The molecular weight excluding hydrogens is 318 g/mol. The van der Waals surface area contributed by atoms with E-state index in [2.05, 4.69) is 15.3 Å². The van der Waals surface area contributed by atoms with Crippen molar-refractivity contribution >= 4 is 28.6 Å². The summed E-state index contributed by atoms with van der Waals surface area (Å²) in [6, 6.07) is 11.1. The predicted molar refractivity (Wildman–Crippen MR) is 94.9 cm³/mol. The largest absolute Gasteiger partial charge is 0.497 e. The topological polar surface area (TPSA) is 76.2 Å². The number of H-pyrrole nitrogens is 1. The lowest BCUT2D eigenvalue weighted by molar-refractivity contribution is -0.112. The third-order valence-electron chi connectivity index (χ3n) is 3.85. The minimum Gasteiger partial charge on any atom is -0.497 e. The number of fused-ring (bicyclic) bond motifs is 1. The second-order valence-corrected chi connectivity index (χ2v) is 5.48. The minimum atomic E-state index is -0.186. The summed E-state index contributed by atoms with van der Waals surface area (Å²) < 4.78 is 10.8. The number of hydrogen-bond donors (Lipinski definition) is 2. The number of anilines is 1. The van der Waals surface area contributed by atoms with Crippen LogP contribution in [0.2, 0.25) is 0 Å². The lowest BCUT2D eigenvalue weighted by atomic mass is 10.2. The first-order chi connectivity index (χ1) is 12.2. The van der Waals surface area contributed by atoms with Crippen LogP contribution < -0.4 is 10.1 Å². The van der Waals surface area contributed by atoms with Gasteiger partial charge in [0.25, 0.3) is 0 Å². The highest BCUT2D eigenvalue weighted by Crippen LogP contribution is 2.25. The maximum atomic E-state index is 12.2. The Bertz CT molecular complexity index is 1000. The van der Waals surface area contributed by atoms with E-state index in [0.717, 1.165) is 28.0 Å². The Hall–Kier alpha value is -3.54. The van der Waals surface area contributed by atoms with Gasteiger partial charge in [-0.05, 0) is 42.5 Å². The number of ketones is 1. The van der Waals surface area contributed by atoms with E-state index in [0.29, 0.717) is 5.88 Å². The van der Waals surface area contributed by atoms with Gasteiger partial charge in [0.15, 0.2) is 5.76 Å². The van der Waals surface area contributed by atoms with Crippen molar-refractivity contribution in [2.45, 2.75) is 0 Å². The number of carbonyl (C=O) groups is 1. The molecule has 2 N–H and O–H groups in total. The lowest BCUT2D eigenvalue weighted by Crippen LogP contribution is -1.99. The van der Waals surface area contributed by atoms with Crippen molar-refractivity contribution in [2.24, 2.45) is 0 Å². The molecule has 1 aliphatic heterocycles. The molecule has 4 rings (SSSR count). The average molecular weight is 333 g/mol. The summed E-state index contributed by atoms with van der Waals surface area (Å²) in [7, 11) is 1.61. The van der Waals surface area contributed by atoms with Gasteiger partial charge in [-0.2, -0.15) is 0 Å². The number of carbonyl (C=O) groups excluding carboxylic acids is 1. The van der Waals surface area contributed by atoms with Gasteiger partial charge in [-0.25, -0.2) is 4.98 Å². The van der Waals surface area contributed by atoms with E-state index in [4.69, 9.17) is 9.47 Å². The zero-order valence-electron chi connectivity index (χ0n) is 13.4. The van der Waals surface area contributed by atoms with Crippen molar-refractivity contribution in [3.8, 4) is 5.75 Å². The molecule has 1 aromatic carbocycles. The van der Waals surface area contributed by atoms with Gasteiger partial charge in [-0.1, -0.05) is 0 Å². The van der Waals surface area contributed by atoms with Gasteiger partial charge in [-0.15, -0.1) is 0 Å². The molecule has 0 saturated carbocycles. The summed E-state index contributed by atoms with van der Waals surface area (Å²) in [5.74, 6) is 1.23. The zero-order valence-corrected chi connectivity index (χ0v) is 13.4. The van der Waals surface area contributed by atoms with Crippen LogP contribution in [-0.4, -0.2) is 22.9 Å². The highest BCUT2D eigenvalue weighted by Gasteiger charge is 2.21. The summed E-state index contributed by atoms with van der Waals surface area (Å²) in [5.41, 5.74) is 2.42. The third-order valence-corrected chi connectivity index (χ3v) is 3.85. The normalized spacial score (nSPS) is 15.3. The summed E-state index contributed by atoms with van der Waals surface area (Å²) in [6.07, 6.45) is 6.66. The molecule has 0 atom stereocenters. The van der Waals surface area contributed by atoms with Crippen molar-refractivity contribution < 1.29 is 14.3 Å². The maximum Gasteiger partial charge on any atom is 0.226 e. The van der Waals surface area contributed by atoms with Crippen LogP contribution in [0.25, 0.3) is 17.1 Å². The number of aromatic nitrogens is 2. The van der Waals surface area contributed by atoms with Crippen LogP contribution in [0.4, 0.5) is 5.69 Å². The molecule has 6 nitrogen and oxygen atoms in total. The van der Waals surface area contributed by atoms with Crippen LogP contribution in [0.3, 0.4) is 0 Å². The molecule has 0 bridgehead atoms. The van der Waals surface area contributed by atoms with E-state index in [1.54, 1.807) is 25.6 Å². The first kappa shape index (κ1) is 15.0. The van der Waals surface area contributed by atoms with Crippen LogP contribution in [0.5, 0.6) is 5.75 Å². The first-order valence-electron chi connectivity index (χ1n) is 7.72. The molecule has 3 aromatic rings. The van der Waals surface area contributed by atoms with Gasteiger partial charge in [-0.3, -0.25) is 4.79 Å². The molecule has 2 aromatic heterocycles. The molecular formula is C19H15N3O3. The number of allylic oxidation sites excluding steroid dienone is 1. The number of ether oxygens (including phenoxy) is 2. The standard InChI is InChI=1S/C19H15N3O3/c1-24-14-6-4-13(5-7-14)22-18-10-16(23)17(25-18)9-12-11-21-19-15(12)3-2-8-20-19/h2-11,22H,1H3,(H,20,21). The van der Waals surface area contributed by atoms with Gasteiger partial charge in [0.1, 0.15) is 11.4 Å². The van der Waals surface area contributed by atoms with Crippen LogP contribution in [-0.2, 0) is 9.53 Å². The molecule has 6 heteroatoms. The second kappa shape index (κ2) is 6.16. The van der Waals surface area contributed by atoms with E-state index in [9.17, 15) is 4.79 Å². The van der Waals surface area contributed by atoms with Gasteiger partial charge in [0.2, 0.25) is 11.7 Å². The number of methoxy groups -OCH3 is 1. The Morgan fingerprint density at radius 1 is 1.24 bits per heavy atom. The van der Waals surface area contributed by atoms with Crippen molar-refractivity contribution in [3.05, 3.63) is 72.1 Å². The van der Waals surface area contributed by atoms with Gasteiger partial charge < -0.3 is 19.8 Å². The quantitative estimate of drug-likeness (QED) is 0.715. The Balaban J connectivity index is 1.53. The Morgan fingerprint density at radius 3 is 2.88 bits per heavy atom. The monoisotopic (exact) mass is 333 g/mol. The smallest absolute Gasteiger partial charge is 0.226 e. The molecule has 1 aliphatic rings. The highest BCUT2D eigenvalue weighted by atomic mass is 16.5. The molecule has 0 fully saturated rings. The van der Waals surface area contributed by atoms with Gasteiger partial charge >= 0.3 is 0 Å². The van der Waals surface area contributed by atoms with Crippen LogP contribution >= 0.6 is 0 Å². The van der Waals surface area contributed by atoms with Gasteiger partial charge in [0, 0.05) is 29.0 Å². The Labute approximate surface area is 143 Å². The number of benzene rings is 1. The molecule has 0 saturated heterocycles. The average Bonchev–Trinajstić information content (AvgIpc) is 3.20. The third kappa shape index (κ3) is 2.97. The fourth-order valence-electron chi connectivity index (χ4n) is 2.60. The molecule has 0 radical (unpaired) electrons. The molecule has 0 amide bonds. The number of pyridine rings is 1. The lowest BCUT2D eigenvalue weighted by Gasteiger charge is -2.08. The minimum absolute atomic E-state index is 0.186. The molecule has 124 valence electrons. The van der Waals surface area contributed by atoms with E-state index < -0.39 is 0 Å². The number of nitrogens with zero attached hydrogens (tertiary/aromatic N) is 1. The number of aromatic amines is 1. The molecule has 0 spiro atoms. The fraction of sp³-hybridized carbons (Fsp3) is 0.0526. The maximum absolute atomic E-state index is 12.2. The highest BCUT2D eigenvalue weighted by molar-refractivity contribution is 6.09. The molecule has 3 heterocycles. The van der Waals surface area contributed by atoms with Crippen LogP contribution in [0.15, 0.2) is 66.5 Å². The van der Waals surface area contributed by atoms with Crippen molar-refractivity contribution in [2.75, 3.05) is 12.4 Å². The zero-order chi connectivity index (χ0) is 17.2. The second-order valence-electron chi connectivity index (χ2n) is 5.48. The van der Waals surface area contributed by atoms with Crippen molar-refractivity contribution in [3.63, 3.8) is 0 Å². The Morgan fingerprint density at radius 2 is 2.08 bits per heavy atom. The molecule has 0 unspecified atom stereocenters. The molecule has 0 aliphatic carbocycles. The summed E-state index contributed by atoms with van der Waals surface area (Å²) in [4.78, 5) is 19.5. The van der Waals surface area contributed by atoms with Crippen LogP contribution in [0, 0.1) is 0 Å². The SMILES string of the molecule is COc1ccc(NC2=CC(=O)C(=Cc3c[nH]c4ncccc34)O2)cc1. The summed E-state index contributed by atoms with van der Waals surface area (Å²) in [5, 5.41) is 4.00. The number of hydrogen-bond acceptors (Lipinski definition) is 5. The summed E-state index contributed by atoms with van der Waals surface area (Å²) >= 11 is 0. The fourth-order valence-corrected chi connectivity index (χ4v) is 2.60. The first-order valence-corrected chi connectivity index (χ1v) is 7.72. The van der Waals surface area contributed by atoms with Crippen molar-refractivity contribution in [1.82, 2.24) is 9.97 Å². The van der Waals surface area contributed by atoms with Gasteiger partial charge in [0.05, 0.1) is 13.2 Å². The van der Waals surface area contributed by atoms with E-state index in [1.807, 2.05) is 36.4 Å². The number of nitrogens with one attached hydrogen (secondary N) is 2. The van der Waals surface area contributed by atoms with Crippen molar-refractivity contribution in [1.29, 1.82) is 0 Å². The Kier molecular flexibility index (Phi) is 3.70. The summed E-state index contributed by atoms with van der Waals surface area (Å²) in [6.45, 7) is 0.